The molecular formula is C14H11F14NO7S. The SMILES string of the molecule is C=C(F)C(=O)OC(OCCCC(F)(F)C(F)(F)S(=O)(=O)O)(C(=O)NC(C(F)(F)F)C(F)(F)F)C(F)(F)F. The van der Waals surface area contributed by atoms with Gasteiger partial charge < -0.3 is 14.8 Å². The van der Waals surface area contributed by atoms with Gasteiger partial charge in [-0.15, -0.1) is 0 Å². The van der Waals surface area contributed by atoms with E-state index in [1.807, 2.05) is 0 Å². The molecule has 0 aliphatic rings. The predicted octanol–water partition coefficient (Wildman–Crippen LogP) is 3.79. The van der Waals surface area contributed by atoms with E-state index in [9.17, 15) is 79.5 Å². The van der Waals surface area contributed by atoms with E-state index in [-0.39, 0.29) is 5.32 Å². The Morgan fingerprint density at radius 2 is 1.32 bits per heavy atom. The molecule has 0 aromatic heterocycles. The second kappa shape index (κ2) is 10.7. The molecule has 0 aliphatic carbocycles. The number of carbonyl (C=O) groups excluding carboxylic acids is 2. The van der Waals surface area contributed by atoms with Crippen LogP contribution in [0.1, 0.15) is 12.8 Å². The fraction of sp³-hybridized carbons (Fsp3) is 0.714. The van der Waals surface area contributed by atoms with E-state index in [1.165, 1.54) is 0 Å². The molecule has 0 spiro atoms. The monoisotopic (exact) mass is 603 g/mol. The number of alkyl halides is 13. The number of nitrogens with one attached hydrogen (secondary N) is 1. The van der Waals surface area contributed by atoms with Gasteiger partial charge in [0.25, 0.3) is 0 Å². The first-order chi connectivity index (χ1) is 16.0. The molecule has 0 rings (SSSR count). The van der Waals surface area contributed by atoms with Gasteiger partial charge in [-0.3, -0.25) is 9.35 Å². The topological polar surface area (TPSA) is 119 Å². The Morgan fingerprint density at radius 1 is 0.892 bits per heavy atom. The number of ether oxygens (including phenoxy) is 2. The largest absolute Gasteiger partial charge is 0.466 e. The van der Waals surface area contributed by atoms with E-state index in [4.69, 9.17) is 4.55 Å². The van der Waals surface area contributed by atoms with Crippen molar-refractivity contribution in [2.45, 2.75) is 54.4 Å². The van der Waals surface area contributed by atoms with Crippen molar-refractivity contribution in [3.8, 4) is 0 Å². The Balaban J connectivity index is 6.32. The van der Waals surface area contributed by atoms with Gasteiger partial charge in [0.05, 0.1) is 6.61 Å². The number of hydrogen-bond acceptors (Lipinski definition) is 6. The first-order valence-electron chi connectivity index (χ1n) is 8.50. The summed E-state index contributed by atoms with van der Waals surface area (Å²) in [4.78, 5) is 23.1. The average Bonchev–Trinajstić information content (AvgIpc) is 2.63. The molecule has 1 atom stereocenters. The summed E-state index contributed by atoms with van der Waals surface area (Å²) in [7, 11) is -6.83. The Kier molecular flexibility index (Phi) is 10.0. The third-order valence-electron chi connectivity index (χ3n) is 3.75. The van der Waals surface area contributed by atoms with Crippen LogP contribution in [0.15, 0.2) is 12.4 Å². The molecule has 0 saturated carbocycles. The van der Waals surface area contributed by atoms with E-state index in [1.54, 1.807) is 0 Å². The van der Waals surface area contributed by atoms with Gasteiger partial charge in [0, 0.05) is 6.42 Å². The van der Waals surface area contributed by atoms with E-state index < -0.39 is 88.8 Å². The standard InChI is InChI=1S/C14H11F14NO7S/c1-5(15)6(30)36-10(13(24,25)26,8(31)29-7(11(18,19)20)12(21,22)23)35-4-2-3-9(16,17)14(27,28)37(32,33)34/h7H,1-4H2,(H,29,31)(H,32,33,34). The number of halogens is 14. The lowest BCUT2D eigenvalue weighted by molar-refractivity contribution is -0.350. The lowest BCUT2D eigenvalue weighted by Gasteiger charge is -2.35. The normalized spacial score (nSPS) is 15.8. The van der Waals surface area contributed by atoms with Crippen LogP contribution in [-0.4, -0.2) is 73.0 Å². The van der Waals surface area contributed by atoms with Crippen molar-refractivity contribution in [1.29, 1.82) is 0 Å². The maximum atomic E-state index is 13.5. The smallest absolute Gasteiger partial charge is 0.410 e. The van der Waals surface area contributed by atoms with E-state index in [2.05, 4.69) is 16.1 Å². The quantitative estimate of drug-likeness (QED) is 0.0922. The van der Waals surface area contributed by atoms with Crippen LogP contribution in [0.4, 0.5) is 61.5 Å². The van der Waals surface area contributed by atoms with E-state index >= 15 is 0 Å². The molecule has 37 heavy (non-hydrogen) atoms. The predicted molar refractivity (Wildman–Crippen MR) is 85.8 cm³/mol. The van der Waals surface area contributed by atoms with Gasteiger partial charge >= 0.3 is 57.5 Å². The summed E-state index contributed by atoms with van der Waals surface area (Å²) < 4.78 is 218. The highest BCUT2D eigenvalue weighted by atomic mass is 32.2. The molecule has 0 aromatic carbocycles. The van der Waals surface area contributed by atoms with Crippen LogP contribution in [0.5, 0.6) is 0 Å². The van der Waals surface area contributed by atoms with Crippen LogP contribution in [0.2, 0.25) is 0 Å². The summed E-state index contributed by atoms with van der Waals surface area (Å²) in [6, 6.07) is -5.09. The molecule has 8 nitrogen and oxygen atoms in total. The second-order valence-corrected chi connectivity index (χ2v) is 8.01. The summed E-state index contributed by atoms with van der Waals surface area (Å²) >= 11 is 0. The lowest BCUT2D eigenvalue weighted by atomic mass is 10.1. The molecule has 0 aliphatic heterocycles. The third kappa shape index (κ3) is 8.02. The number of hydrogen-bond donors (Lipinski definition) is 2. The van der Waals surface area contributed by atoms with Crippen molar-refractivity contribution >= 4 is 22.0 Å². The summed E-state index contributed by atoms with van der Waals surface area (Å²) in [6.45, 7) is -0.130. The lowest BCUT2D eigenvalue weighted by Crippen LogP contribution is -2.66. The fourth-order valence-electron chi connectivity index (χ4n) is 2.02. The minimum absolute atomic E-state index is 0.254. The Hall–Kier alpha value is -2.43. The van der Waals surface area contributed by atoms with Crippen LogP contribution < -0.4 is 5.32 Å². The van der Waals surface area contributed by atoms with Crippen LogP contribution >= 0.6 is 0 Å². The zero-order valence-electron chi connectivity index (χ0n) is 17.0. The maximum absolute atomic E-state index is 13.5. The molecule has 0 fully saturated rings. The first-order valence-corrected chi connectivity index (χ1v) is 9.94. The number of carbonyl (C=O) groups is 2. The highest BCUT2D eigenvalue weighted by Gasteiger charge is 2.69. The second-order valence-electron chi connectivity index (χ2n) is 6.55. The minimum Gasteiger partial charge on any atom is -0.410 e. The zero-order valence-corrected chi connectivity index (χ0v) is 17.8. The van der Waals surface area contributed by atoms with E-state index in [0.717, 1.165) is 0 Å². The summed E-state index contributed by atoms with van der Waals surface area (Å²) in [5.74, 6) is -20.6. The van der Waals surface area contributed by atoms with Gasteiger partial charge in [-0.1, -0.05) is 6.58 Å². The summed E-state index contributed by atoms with van der Waals surface area (Å²) in [5.41, 5.74) is 0. The Labute approximate surface area is 195 Å². The van der Waals surface area contributed by atoms with Crippen LogP contribution in [0.3, 0.4) is 0 Å². The van der Waals surface area contributed by atoms with E-state index in [0.29, 0.717) is 0 Å². The van der Waals surface area contributed by atoms with Crippen LogP contribution in [0.25, 0.3) is 0 Å². The Bertz CT molecular complexity index is 958. The molecule has 0 aromatic rings. The first kappa shape index (κ1) is 34.6. The molecule has 2 N–H and O–H groups in total. The molecule has 218 valence electrons. The minimum atomic E-state index is -6.83. The summed E-state index contributed by atoms with van der Waals surface area (Å²) in [6.07, 6.45) is -24.2. The van der Waals surface area contributed by atoms with Crippen molar-refractivity contribution in [2.24, 2.45) is 0 Å². The van der Waals surface area contributed by atoms with Crippen molar-refractivity contribution in [2.75, 3.05) is 6.61 Å². The third-order valence-corrected chi connectivity index (χ3v) is 4.70. The van der Waals surface area contributed by atoms with Gasteiger partial charge in [0.15, 0.2) is 0 Å². The van der Waals surface area contributed by atoms with Crippen molar-refractivity contribution in [1.82, 2.24) is 5.32 Å². The molecule has 23 heteroatoms. The maximum Gasteiger partial charge on any atom is 0.466 e. The van der Waals surface area contributed by atoms with Crippen molar-refractivity contribution in [3.05, 3.63) is 12.4 Å². The zero-order chi connectivity index (χ0) is 30.1. The molecule has 1 unspecified atom stereocenters. The van der Waals surface area contributed by atoms with Gasteiger partial charge in [-0.05, 0) is 6.42 Å². The van der Waals surface area contributed by atoms with Crippen LogP contribution in [-0.2, 0) is 29.2 Å². The molecule has 1 amide bonds. The fourth-order valence-corrected chi connectivity index (χ4v) is 2.49. The highest BCUT2D eigenvalue weighted by Crippen LogP contribution is 2.42. The molecule has 0 heterocycles. The molecular weight excluding hydrogens is 592 g/mol. The van der Waals surface area contributed by atoms with Crippen molar-refractivity contribution in [3.63, 3.8) is 0 Å². The van der Waals surface area contributed by atoms with Gasteiger partial charge in [-0.25, -0.2) is 4.79 Å². The van der Waals surface area contributed by atoms with Gasteiger partial charge in [0.1, 0.15) is 0 Å². The number of esters is 1. The van der Waals surface area contributed by atoms with Crippen LogP contribution in [0, 0.1) is 0 Å². The highest BCUT2D eigenvalue weighted by molar-refractivity contribution is 7.87. The average molecular weight is 603 g/mol. The molecule has 0 bridgehead atoms. The number of amides is 1. The molecule has 0 radical (unpaired) electrons. The number of rotatable bonds is 11. The van der Waals surface area contributed by atoms with Gasteiger partial charge in [0.2, 0.25) is 11.9 Å². The molecule has 0 saturated heterocycles. The summed E-state index contributed by atoms with van der Waals surface area (Å²) in [5, 5.41) is -6.51. The van der Waals surface area contributed by atoms with Gasteiger partial charge in [-0.2, -0.15) is 69.9 Å². The Morgan fingerprint density at radius 3 is 1.65 bits per heavy atom. The van der Waals surface area contributed by atoms with Crippen molar-refractivity contribution < 1.29 is 93.5 Å².